The third kappa shape index (κ3) is 2.41. The maximum atomic E-state index is 5.95. The second-order valence-corrected chi connectivity index (χ2v) is 6.15. The predicted molar refractivity (Wildman–Crippen MR) is 73.0 cm³/mol. The molecule has 20 heavy (non-hydrogen) atoms. The zero-order valence-electron chi connectivity index (χ0n) is 12.3. The summed E-state index contributed by atoms with van der Waals surface area (Å²) in [5.41, 5.74) is -0.155. The zero-order valence-corrected chi connectivity index (χ0v) is 12.3. The van der Waals surface area contributed by atoms with Crippen molar-refractivity contribution in [1.82, 2.24) is 9.97 Å². The molecule has 2 aliphatic heterocycles. The van der Waals surface area contributed by atoms with Crippen molar-refractivity contribution in [3.05, 3.63) is 12.4 Å². The first-order valence-electron chi connectivity index (χ1n) is 6.79. The van der Waals surface area contributed by atoms with E-state index in [1.54, 1.807) is 12.4 Å². The van der Waals surface area contributed by atoms with Gasteiger partial charge in [0.15, 0.2) is 0 Å². The van der Waals surface area contributed by atoms with Crippen LogP contribution in [0.1, 0.15) is 27.7 Å². The van der Waals surface area contributed by atoms with Gasteiger partial charge >= 0.3 is 7.12 Å². The van der Waals surface area contributed by atoms with Crippen LogP contribution in [0.2, 0.25) is 0 Å². The Balaban J connectivity index is 1.76. The van der Waals surface area contributed by atoms with Crippen molar-refractivity contribution in [3.8, 4) is 5.88 Å². The van der Waals surface area contributed by atoms with Gasteiger partial charge in [0.1, 0.15) is 6.10 Å². The molecule has 2 saturated heterocycles. The number of aromatic nitrogens is 2. The van der Waals surface area contributed by atoms with E-state index in [0.717, 1.165) is 0 Å². The summed E-state index contributed by atoms with van der Waals surface area (Å²) in [4.78, 5) is 8.57. The summed E-state index contributed by atoms with van der Waals surface area (Å²) in [6.45, 7) is 9.22. The zero-order chi connectivity index (χ0) is 14.4. The van der Waals surface area contributed by atoms with E-state index in [-0.39, 0.29) is 6.10 Å². The second kappa shape index (κ2) is 4.68. The molecule has 0 amide bonds. The fourth-order valence-electron chi connectivity index (χ4n) is 1.95. The van der Waals surface area contributed by atoms with E-state index in [1.165, 1.54) is 0 Å². The third-order valence-electron chi connectivity index (χ3n) is 4.02. The average molecular weight is 278 g/mol. The van der Waals surface area contributed by atoms with E-state index in [4.69, 9.17) is 18.8 Å². The van der Waals surface area contributed by atoms with Crippen LogP contribution in [0.15, 0.2) is 12.4 Å². The molecule has 3 rings (SSSR count). The number of hydrogen-bond donors (Lipinski definition) is 0. The highest BCUT2D eigenvalue weighted by molar-refractivity contribution is 6.61. The molecule has 0 spiro atoms. The molecule has 3 heterocycles. The number of hydrogen-bond acceptors (Lipinski definition) is 6. The quantitative estimate of drug-likeness (QED) is 0.753. The first-order valence-corrected chi connectivity index (χ1v) is 6.79. The van der Waals surface area contributed by atoms with E-state index in [2.05, 4.69) is 9.97 Å². The van der Waals surface area contributed by atoms with Crippen molar-refractivity contribution in [2.24, 2.45) is 0 Å². The van der Waals surface area contributed by atoms with Crippen LogP contribution in [-0.4, -0.2) is 47.6 Å². The van der Waals surface area contributed by atoms with Crippen molar-refractivity contribution >= 4 is 12.7 Å². The fraction of sp³-hybridized carbons (Fsp3) is 0.692. The predicted octanol–water partition coefficient (Wildman–Crippen LogP) is 0.553. The summed E-state index contributed by atoms with van der Waals surface area (Å²) in [6, 6.07) is 0. The Labute approximate surface area is 118 Å². The molecular weight excluding hydrogens is 259 g/mol. The second-order valence-electron chi connectivity index (χ2n) is 6.15. The smallest absolute Gasteiger partial charge is 0.468 e. The highest BCUT2D eigenvalue weighted by Gasteiger charge is 2.52. The van der Waals surface area contributed by atoms with Gasteiger partial charge in [-0.05, 0) is 27.7 Å². The van der Waals surface area contributed by atoms with Gasteiger partial charge in [-0.15, -0.1) is 0 Å². The minimum atomic E-state index is -0.520. The van der Waals surface area contributed by atoms with Crippen molar-refractivity contribution < 1.29 is 18.8 Å². The van der Waals surface area contributed by atoms with Gasteiger partial charge in [-0.3, -0.25) is 4.98 Å². The molecule has 108 valence electrons. The Hall–Kier alpha value is -1.18. The summed E-state index contributed by atoms with van der Waals surface area (Å²) < 4.78 is 22.6. The van der Waals surface area contributed by atoms with Crippen LogP contribution in [0.5, 0.6) is 5.88 Å². The van der Waals surface area contributed by atoms with E-state index in [1.807, 2.05) is 27.7 Å². The molecule has 2 fully saturated rings. The highest BCUT2D eigenvalue weighted by Crippen LogP contribution is 2.36. The van der Waals surface area contributed by atoms with Crippen LogP contribution in [0.25, 0.3) is 0 Å². The van der Waals surface area contributed by atoms with Crippen molar-refractivity contribution in [1.29, 1.82) is 0 Å². The van der Waals surface area contributed by atoms with E-state index in [0.29, 0.717) is 24.7 Å². The monoisotopic (exact) mass is 278 g/mol. The molecule has 1 aromatic heterocycles. The highest BCUT2D eigenvalue weighted by atomic mass is 16.7. The summed E-state index contributed by atoms with van der Waals surface area (Å²) in [7, 11) is -0.520. The van der Waals surface area contributed by atoms with E-state index < -0.39 is 18.3 Å². The Bertz CT molecular complexity index is 489. The summed E-state index contributed by atoms with van der Waals surface area (Å²) in [5.74, 6) is 0.477. The average Bonchev–Trinajstić information content (AvgIpc) is 2.54. The molecule has 0 N–H and O–H groups in total. The summed E-state index contributed by atoms with van der Waals surface area (Å²) in [5, 5.41) is 0. The molecule has 0 saturated carbocycles. The van der Waals surface area contributed by atoms with E-state index >= 15 is 0 Å². The molecule has 1 aromatic rings. The topological polar surface area (TPSA) is 62.7 Å². The van der Waals surface area contributed by atoms with E-state index in [9.17, 15) is 0 Å². The number of ether oxygens (including phenoxy) is 2. The standard InChI is InChI=1S/C13H19BN2O4/c1-12(2)13(3,4)20-14(19-12)10-5-15-6-11(16-10)18-9-7-17-8-9/h5-6,9H,7-8H2,1-4H3. The first-order chi connectivity index (χ1) is 9.37. The molecule has 0 aliphatic carbocycles. The van der Waals surface area contributed by atoms with Gasteiger partial charge in [0.25, 0.3) is 0 Å². The van der Waals surface area contributed by atoms with Gasteiger partial charge in [-0.25, -0.2) is 4.98 Å². The van der Waals surface area contributed by atoms with Crippen LogP contribution in [-0.2, 0) is 14.0 Å². The Kier molecular flexibility index (Phi) is 3.23. The van der Waals surface area contributed by atoms with Crippen molar-refractivity contribution in [3.63, 3.8) is 0 Å². The Morgan fingerprint density at radius 3 is 2.35 bits per heavy atom. The normalized spacial score (nSPS) is 24.5. The summed E-state index contributed by atoms with van der Waals surface area (Å²) in [6.07, 6.45) is 3.30. The van der Waals surface area contributed by atoms with Crippen LogP contribution >= 0.6 is 0 Å². The van der Waals surface area contributed by atoms with Gasteiger partial charge in [-0.1, -0.05) is 0 Å². The fourth-order valence-corrected chi connectivity index (χ4v) is 1.95. The Morgan fingerprint density at radius 1 is 1.15 bits per heavy atom. The lowest BCUT2D eigenvalue weighted by Crippen LogP contribution is -2.41. The van der Waals surface area contributed by atoms with Gasteiger partial charge in [-0.2, -0.15) is 0 Å². The lowest BCUT2D eigenvalue weighted by atomic mass is 9.85. The number of rotatable bonds is 3. The van der Waals surface area contributed by atoms with Crippen molar-refractivity contribution in [2.75, 3.05) is 13.2 Å². The molecule has 0 atom stereocenters. The maximum absolute atomic E-state index is 5.95. The minimum Gasteiger partial charge on any atom is -0.468 e. The molecule has 0 radical (unpaired) electrons. The van der Waals surface area contributed by atoms with Crippen molar-refractivity contribution in [2.45, 2.75) is 45.0 Å². The Morgan fingerprint density at radius 2 is 1.80 bits per heavy atom. The molecule has 0 bridgehead atoms. The lowest BCUT2D eigenvalue weighted by molar-refractivity contribution is -0.0814. The van der Waals surface area contributed by atoms with Crippen LogP contribution in [0.4, 0.5) is 0 Å². The summed E-state index contributed by atoms with van der Waals surface area (Å²) >= 11 is 0. The molecule has 0 aromatic carbocycles. The van der Waals surface area contributed by atoms with Gasteiger partial charge in [0, 0.05) is 6.20 Å². The molecule has 2 aliphatic rings. The molecule has 7 heteroatoms. The maximum Gasteiger partial charge on any atom is 0.516 e. The van der Waals surface area contributed by atoms with Crippen LogP contribution in [0, 0.1) is 0 Å². The lowest BCUT2D eigenvalue weighted by Gasteiger charge is -2.32. The molecule has 6 nitrogen and oxygen atoms in total. The third-order valence-corrected chi connectivity index (χ3v) is 4.02. The van der Waals surface area contributed by atoms with Gasteiger partial charge in [0.05, 0.1) is 36.2 Å². The van der Waals surface area contributed by atoms with Crippen LogP contribution in [0.3, 0.4) is 0 Å². The largest absolute Gasteiger partial charge is 0.516 e. The van der Waals surface area contributed by atoms with Crippen LogP contribution < -0.4 is 10.3 Å². The van der Waals surface area contributed by atoms with Gasteiger partial charge in [0.2, 0.25) is 5.88 Å². The minimum absolute atomic E-state index is 0.0675. The SMILES string of the molecule is CC1(C)OB(c2cncc(OC3COC3)n2)OC1(C)C. The molecule has 0 unspecified atom stereocenters. The number of nitrogens with zero attached hydrogens (tertiary/aromatic N) is 2. The van der Waals surface area contributed by atoms with Gasteiger partial charge < -0.3 is 18.8 Å². The first kappa shape index (κ1) is 13.8. The molecular formula is C13H19BN2O4.